The van der Waals surface area contributed by atoms with E-state index in [2.05, 4.69) is 45.6 Å². The van der Waals surface area contributed by atoms with Crippen molar-refractivity contribution in [3.8, 4) is 11.3 Å². The number of H-pyrrole nitrogens is 1. The standard InChI is InChI=1S/C26H26ClFN7OSi/c1-15(36)31-21-11-16(7-8-22(21)35-10-9-26(37,14-35)34(2)3)32-25-30-13-19(27)23(33-25)18-12-29-24-17(18)5-4-6-20(24)28/h4-8,11-13,29H,9-10,14H2,1-3H3,(H,31,36)(H,30,32,33)/t26-/m1/s1. The van der Waals surface area contributed by atoms with Gasteiger partial charge >= 0.3 is 0 Å². The van der Waals surface area contributed by atoms with Crippen molar-refractivity contribution in [1.29, 1.82) is 0 Å². The van der Waals surface area contributed by atoms with Gasteiger partial charge in [-0.15, -0.1) is 0 Å². The molecule has 3 N–H and O–H groups in total. The summed E-state index contributed by atoms with van der Waals surface area (Å²) < 4.78 is 14.2. The van der Waals surface area contributed by atoms with Crippen LogP contribution < -0.4 is 15.5 Å². The zero-order valence-electron chi connectivity index (χ0n) is 20.7. The Labute approximate surface area is 222 Å². The quantitative estimate of drug-likeness (QED) is 0.309. The van der Waals surface area contributed by atoms with Gasteiger partial charge in [0.1, 0.15) is 5.82 Å². The van der Waals surface area contributed by atoms with E-state index < -0.39 is 0 Å². The van der Waals surface area contributed by atoms with Crippen LogP contribution in [0.25, 0.3) is 22.2 Å². The average Bonchev–Trinajstić information content (AvgIpc) is 3.46. The van der Waals surface area contributed by atoms with Crippen molar-refractivity contribution in [3.05, 3.63) is 59.6 Å². The van der Waals surface area contributed by atoms with Gasteiger partial charge in [0.05, 0.1) is 44.0 Å². The van der Waals surface area contributed by atoms with Gasteiger partial charge in [0.2, 0.25) is 11.9 Å². The minimum atomic E-state index is -0.349. The lowest BCUT2D eigenvalue weighted by atomic mass is 10.1. The number of aromatic nitrogens is 3. The molecule has 189 valence electrons. The third-order valence-electron chi connectivity index (χ3n) is 6.67. The summed E-state index contributed by atoms with van der Waals surface area (Å²) in [4.78, 5) is 28.3. The molecule has 5 rings (SSSR count). The highest BCUT2D eigenvalue weighted by molar-refractivity contribution is 6.33. The lowest BCUT2D eigenvalue weighted by Gasteiger charge is -2.33. The molecule has 3 heterocycles. The number of para-hydroxylation sites is 1. The second kappa shape index (κ2) is 9.77. The number of carbonyl (C=O) groups excluding carboxylic acids is 1. The molecular formula is C26H26ClFN7OSi. The molecule has 1 amide bonds. The van der Waals surface area contributed by atoms with Crippen LogP contribution >= 0.6 is 11.6 Å². The van der Waals surface area contributed by atoms with E-state index in [9.17, 15) is 9.18 Å². The van der Waals surface area contributed by atoms with Crippen LogP contribution in [-0.4, -0.2) is 68.3 Å². The molecule has 0 saturated carbocycles. The Morgan fingerprint density at radius 1 is 1.30 bits per heavy atom. The number of benzene rings is 2. The van der Waals surface area contributed by atoms with E-state index in [1.807, 2.05) is 38.4 Å². The van der Waals surface area contributed by atoms with E-state index in [1.165, 1.54) is 19.2 Å². The molecule has 1 fully saturated rings. The Bertz CT molecular complexity index is 1490. The molecule has 0 aliphatic carbocycles. The number of anilines is 4. The normalized spacial score (nSPS) is 17.5. The van der Waals surface area contributed by atoms with Gasteiger partial charge in [-0.05, 0) is 44.8 Å². The third kappa shape index (κ3) is 4.92. The third-order valence-corrected chi connectivity index (χ3v) is 7.80. The van der Waals surface area contributed by atoms with Gasteiger partial charge in [-0.1, -0.05) is 23.7 Å². The molecule has 8 nitrogen and oxygen atoms in total. The average molecular weight is 535 g/mol. The van der Waals surface area contributed by atoms with Crippen LogP contribution in [0.2, 0.25) is 5.02 Å². The molecule has 0 bridgehead atoms. The van der Waals surface area contributed by atoms with Gasteiger partial charge in [0.25, 0.3) is 0 Å². The lowest BCUT2D eigenvalue weighted by molar-refractivity contribution is -0.114. The smallest absolute Gasteiger partial charge is 0.227 e. The number of aromatic amines is 1. The first-order valence-electron chi connectivity index (χ1n) is 11.8. The van der Waals surface area contributed by atoms with Crippen LogP contribution in [0.3, 0.4) is 0 Å². The first-order valence-corrected chi connectivity index (χ1v) is 12.7. The van der Waals surface area contributed by atoms with Gasteiger partial charge in [-0.3, -0.25) is 4.79 Å². The van der Waals surface area contributed by atoms with Gasteiger partial charge < -0.3 is 25.4 Å². The maximum Gasteiger partial charge on any atom is 0.227 e. The minimum absolute atomic E-state index is 0.136. The highest BCUT2D eigenvalue weighted by atomic mass is 35.5. The van der Waals surface area contributed by atoms with Crippen LogP contribution in [0.5, 0.6) is 0 Å². The number of halogens is 2. The fraction of sp³-hybridized carbons (Fsp3) is 0.269. The van der Waals surface area contributed by atoms with Gasteiger partial charge in [-0.2, -0.15) is 0 Å². The number of nitrogens with zero attached hydrogens (tertiary/aromatic N) is 4. The summed E-state index contributed by atoms with van der Waals surface area (Å²) in [7, 11) is 8.02. The van der Waals surface area contributed by atoms with E-state index in [0.29, 0.717) is 44.5 Å². The van der Waals surface area contributed by atoms with Gasteiger partial charge in [0, 0.05) is 48.0 Å². The zero-order valence-corrected chi connectivity index (χ0v) is 22.4. The molecule has 2 aromatic heterocycles. The molecule has 1 aliphatic rings. The molecule has 1 saturated heterocycles. The second-order valence-electron chi connectivity index (χ2n) is 9.39. The number of rotatable bonds is 6. The van der Waals surface area contributed by atoms with Crippen molar-refractivity contribution in [2.75, 3.05) is 42.7 Å². The highest BCUT2D eigenvalue weighted by Crippen LogP contribution is 2.36. The number of amides is 1. The molecule has 11 heteroatoms. The van der Waals surface area contributed by atoms with E-state index >= 15 is 0 Å². The summed E-state index contributed by atoms with van der Waals surface area (Å²) in [5.74, 6) is -0.190. The summed E-state index contributed by atoms with van der Waals surface area (Å²) in [6.07, 6.45) is 4.13. The van der Waals surface area contributed by atoms with Gasteiger partial charge in [0.15, 0.2) is 0 Å². The predicted octanol–water partition coefficient (Wildman–Crippen LogP) is 4.76. The summed E-state index contributed by atoms with van der Waals surface area (Å²) >= 11 is 6.43. The van der Waals surface area contributed by atoms with Crippen LogP contribution in [0.15, 0.2) is 48.8 Å². The number of likely N-dealkylation sites (N-methyl/N-ethyl adjacent to an activating group) is 1. The maximum atomic E-state index is 14.2. The number of nitrogens with one attached hydrogen (secondary N) is 3. The number of fused-ring (bicyclic) bond motifs is 1. The maximum absolute atomic E-state index is 14.2. The number of carbonyl (C=O) groups is 1. The zero-order chi connectivity index (χ0) is 26.3. The van der Waals surface area contributed by atoms with Crippen molar-refractivity contribution in [2.45, 2.75) is 18.5 Å². The van der Waals surface area contributed by atoms with Crippen molar-refractivity contribution >= 4 is 61.7 Å². The highest BCUT2D eigenvalue weighted by Gasteiger charge is 2.36. The monoisotopic (exact) mass is 534 g/mol. The Hall–Kier alpha value is -3.47. The van der Waals surface area contributed by atoms with Crippen LogP contribution in [0.4, 0.5) is 27.4 Å². The fourth-order valence-electron chi connectivity index (χ4n) is 4.60. The lowest BCUT2D eigenvalue weighted by Crippen LogP contribution is -2.47. The van der Waals surface area contributed by atoms with Crippen LogP contribution in [0, 0.1) is 5.82 Å². The molecule has 1 aliphatic heterocycles. The fourth-order valence-corrected chi connectivity index (χ4v) is 5.10. The van der Waals surface area contributed by atoms with E-state index in [4.69, 9.17) is 11.6 Å². The predicted molar refractivity (Wildman–Crippen MR) is 147 cm³/mol. The van der Waals surface area contributed by atoms with Crippen LogP contribution in [-0.2, 0) is 4.79 Å². The van der Waals surface area contributed by atoms with Crippen LogP contribution in [0.1, 0.15) is 13.3 Å². The Balaban J connectivity index is 1.45. The van der Waals surface area contributed by atoms with E-state index in [1.54, 1.807) is 12.3 Å². The minimum Gasteiger partial charge on any atom is -0.368 e. The Morgan fingerprint density at radius 3 is 2.84 bits per heavy atom. The SMILES string of the molecule is CC(=O)Nc1cc(Nc2ncc(Cl)c(-c3c[nH]c4c(F)cccc34)n2)ccc1N1CC[C@]([Si])(N(C)C)C1. The topological polar surface area (TPSA) is 89.2 Å². The Morgan fingerprint density at radius 2 is 2.11 bits per heavy atom. The summed E-state index contributed by atoms with van der Waals surface area (Å²) in [6, 6.07) is 10.6. The van der Waals surface area contributed by atoms with Crippen molar-refractivity contribution < 1.29 is 9.18 Å². The van der Waals surface area contributed by atoms with Crippen molar-refractivity contribution in [2.24, 2.45) is 0 Å². The number of hydrogen-bond donors (Lipinski definition) is 3. The molecular weight excluding hydrogens is 509 g/mol. The number of hydrogen-bond acceptors (Lipinski definition) is 6. The first-order chi connectivity index (χ1) is 17.6. The Kier molecular flexibility index (Phi) is 6.65. The van der Waals surface area contributed by atoms with E-state index in [-0.39, 0.29) is 16.9 Å². The molecule has 0 unspecified atom stereocenters. The molecule has 2 aromatic carbocycles. The molecule has 4 aromatic rings. The van der Waals surface area contributed by atoms with Gasteiger partial charge in [-0.25, -0.2) is 14.4 Å². The largest absolute Gasteiger partial charge is 0.368 e. The first kappa shape index (κ1) is 25.2. The second-order valence-corrected chi connectivity index (χ2v) is 10.7. The molecule has 37 heavy (non-hydrogen) atoms. The van der Waals surface area contributed by atoms with E-state index in [0.717, 1.165) is 25.2 Å². The summed E-state index contributed by atoms with van der Waals surface area (Å²) in [5, 5.41) is 7.04. The molecule has 3 radical (unpaired) electrons. The summed E-state index contributed by atoms with van der Waals surface area (Å²) in [5.41, 5.74) is 3.86. The molecule has 1 atom stereocenters. The molecule has 0 spiro atoms. The summed E-state index contributed by atoms with van der Waals surface area (Å²) in [6.45, 7) is 3.10. The van der Waals surface area contributed by atoms with Crippen molar-refractivity contribution in [3.63, 3.8) is 0 Å². The van der Waals surface area contributed by atoms with Crippen molar-refractivity contribution in [1.82, 2.24) is 19.9 Å².